The molecule has 1 saturated heterocycles. The van der Waals surface area contributed by atoms with Gasteiger partial charge in [-0.05, 0) is 37.6 Å². The van der Waals surface area contributed by atoms with E-state index in [4.69, 9.17) is 0 Å². The van der Waals surface area contributed by atoms with Crippen molar-refractivity contribution in [1.29, 1.82) is 0 Å². The van der Waals surface area contributed by atoms with Gasteiger partial charge in [-0.3, -0.25) is 4.79 Å². The number of urea groups is 1. The number of carbonyl (C=O) groups is 2. The first-order valence-corrected chi connectivity index (χ1v) is 9.82. The fraction of sp³-hybridized carbons (Fsp3) is 0.500. The van der Waals surface area contributed by atoms with Crippen molar-refractivity contribution in [3.63, 3.8) is 0 Å². The van der Waals surface area contributed by atoms with E-state index in [0.717, 1.165) is 12.1 Å². The van der Waals surface area contributed by atoms with Crippen LogP contribution in [-0.4, -0.2) is 44.4 Å². The molecule has 1 aliphatic rings. The van der Waals surface area contributed by atoms with E-state index in [1.54, 1.807) is 36.1 Å². The van der Waals surface area contributed by atoms with Crippen LogP contribution >= 0.6 is 0 Å². The number of hydrogen-bond donors (Lipinski definition) is 2. The summed E-state index contributed by atoms with van der Waals surface area (Å²) in [5.41, 5.74) is 1.39. The maximum Gasteiger partial charge on any atom is 0.319 e. The van der Waals surface area contributed by atoms with Crippen LogP contribution in [0.25, 0.3) is 0 Å². The number of carbonyl (C=O) groups excluding carboxylic acids is 2. The normalized spacial score (nSPS) is 17.8. The maximum absolute atomic E-state index is 11.9. The van der Waals surface area contributed by atoms with Gasteiger partial charge in [-0.15, -0.1) is 0 Å². The Morgan fingerprint density at radius 3 is 2.50 bits per heavy atom. The number of benzene rings is 1. The van der Waals surface area contributed by atoms with Crippen LogP contribution in [0.5, 0.6) is 0 Å². The van der Waals surface area contributed by atoms with Gasteiger partial charge in [0.1, 0.15) is 0 Å². The highest BCUT2D eigenvalue weighted by molar-refractivity contribution is 7.91. The molecule has 7 nitrogen and oxygen atoms in total. The summed E-state index contributed by atoms with van der Waals surface area (Å²) in [5, 5.41) is 5.15. The zero-order valence-corrected chi connectivity index (χ0v) is 14.7. The Labute approximate surface area is 142 Å². The molecule has 1 aromatic carbocycles. The molecule has 1 aliphatic heterocycles. The zero-order valence-electron chi connectivity index (χ0n) is 13.9. The third-order valence-electron chi connectivity index (χ3n) is 4.03. The Balaban J connectivity index is 1.87. The SMILES string of the molecule is CCS(=O)(=O)CCNC(=O)Nc1ccc(N2C(=O)CCC2C)cc1. The molecule has 2 N–H and O–H groups in total. The van der Waals surface area contributed by atoms with Crippen molar-refractivity contribution in [3.8, 4) is 0 Å². The lowest BCUT2D eigenvalue weighted by Crippen LogP contribution is -2.33. The van der Waals surface area contributed by atoms with Crippen molar-refractivity contribution in [2.75, 3.05) is 28.3 Å². The molecular formula is C16H23N3O4S. The minimum atomic E-state index is -3.09. The van der Waals surface area contributed by atoms with Crippen LogP contribution < -0.4 is 15.5 Å². The minimum absolute atomic E-state index is 0.0609. The topological polar surface area (TPSA) is 95.6 Å². The van der Waals surface area contributed by atoms with E-state index in [2.05, 4.69) is 10.6 Å². The molecule has 1 atom stereocenters. The Morgan fingerprint density at radius 1 is 1.29 bits per heavy atom. The number of anilines is 2. The molecule has 1 fully saturated rings. The summed E-state index contributed by atoms with van der Waals surface area (Å²) in [6, 6.07) is 6.74. The second-order valence-corrected chi connectivity index (χ2v) is 8.29. The number of sulfone groups is 1. The predicted molar refractivity (Wildman–Crippen MR) is 94.0 cm³/mol. The molecule has 132 valence electrons. The molecule has 1 aromatic rings. The average molecular weight is 353 g/mol. The van der Waals surface area contributed by atoms with Gasteiger partial charge in [-0.2, -0.15) is 0 Å². The van der Waals surface area contributed by atoms with E-state index in [0.29, 0.717) is 12.1 Å². The largest absolute Gasteiger partial charge is 0.337 e. The molecule has 0 spiro atoms. The monoisotopic (exact) mass is 353 g/mol. The van der Waals surface area contributed by atoms with Gasteiger partial charge in [0.05, 0.1) is 5.75 Å². The highest BCUT2D eigenvalue weighted by Crippen LogP contribution is 2.27. The van der Waals surface area contributed by atoms with Crippen molar-refractivity contribution >= 4 is 33.2 Å². The van der Waals surface area contributed by atoms with Crippen molar-refractivity contribution < 1.29 is 18.0 Å². The molecule has 0 aliphatic carbocycles. The van der Waals surface area contributed by atoms with Crippen LogP contribution in [0.4, 0.5) is 16.2 Å². The second-order valence-electron chi connectivity index (χ2n) is 5.82. The van der Waals surface area contributed by atoms with Gasteiger partial charge >= 0.3 is 6.03 Å². The first-order chi connectivity index (χ1) is 11.3. The van der Waals surface area contributed by atoms with Crippen LogP contribution in [0.3, 0.4) is 0 Å². The minimum Gasteiger partial charge on any atom is -0.337 e. The van der Waals surface area contributed by atoms with Gasteiger partial charge in [-0.25, -0.2) is 13.2 Å². The Morgan fingerprint density at radius 2 is 1.96 bits per heavy atom. The predicted octanol–water partition coefficient (Wildman–Crippen LogP) is 1.76. The molecule has 1 unspecified atom stereocenters. The lowest BCUT2D eigenvalue weighted by molar-refractivity contribution is -0.117. The highest BCUT2D eigenvalue weighted by atomic mass is 32.2. The molecule has 0 radical (unpaired) electrons. The summed E-state index contributed by atoms with van der Waals surface area (Å²) >= 11 is 0. The lowest BCUT2D eigenvalue weighted by Gasteiger charge is -2.22. The first kappa shape index (κ1) is 18.3. The summed E-state index contributed by atoms with van der Waals surface area (Å²) in [7, 11) is -3.09. The fourth-order valence-electron chi connectivity index (χ4n) is 2.57. The van der Waals surface area contributed by atoms with Crippen LogP contribution in [0, 0.1) is 0 Å². The summed E-state index contributed by atoms with van der Waals surface area (Å²) in [6.45, 7) is 3.65. The number of rotatable bonds is 6. The van der Waals surface area contributed by atoms with Crippen LogP contribution in [-0.2, 0) is 14.6 Å². The molecule has 0 saturated carbocycles. The van der Waals surface area contributed by atoms with Gasteiger partial charge in [0.15, 0.2) is 9.84 Å². The third kappa shape index (κ3) is 4.70. The molecule has 0 aromatic heterocycles. The molecular weight excluding hydrogens is 330 g/mol. The van der Waals surface area contributed by atoms with Crippen LogP contribution in [0.1, 0.15) is 26.7 Å². The zero-order chi connectivity index (χ0) is 17.7. The summed E-state index contributed by atoms with van der Waals surface area (Å²) in [5.74, 6) is 0.0917. The van der Waals surface area contributed by atoms with Crippen molar-refractivity contribution in [2.24, 2.45) is 0 Å². The van der Waals surface area contributed by atoms with Gasteiger partial charge in [0.25, 0.3) is 0 Å². The van der Waals surface area contributed by atoms with E-state index < -0.39 is 15.9 Å². The Bertz CT molecular complexity index is 701. The van der Waals surface area contributed by atoms with E-state index in [-0.39, 0.29) is 30.0 Å². The van der Waals surface area contributed by atoms with E-state index in [1.807, 2.05) is 6.92 Å². The summed E-state index contributed by atoms with van der Waals surface area (Å²) in [6.07, 6.45) is 1.41. The quantitative estimate of drug-likeness (QED) is 0.814. The van der Waals surface area contributed by atoms with Gasteiger partial charge in [0.2, 0.25) is 5.91 Å². The molecule has 24 heavy (non-hydrogen) atoms. The van der Waals surface area contributed by atoms with Gasteiger partial charge < -0.3 is 15.5 Å². The van der Waals surface area contributed by atoms with Crippen molar-refractivity contribution in [2.45, 2.75) is 32.7 Å². The van der Waals surface area contributed by atoms with Crippen molar-refractivity contribution in [3.05, 3.63) is 24.3 Å². The molecule has 1 heterocycles. The van der Waals surface area contributed by atoms with Gasteiger partial charge in [-0.1, -0.05) is 6.92 Å². The van der Waals surface area contributed by atoms with Crippen LogP contribution in [0.15, 0.2) is 24.3 Å². The smallest absolute Gasteiger partial charge is 0.319 e. The third-order valence-corrected chi connectivity index (χ3v) is 5.73. The maximum atomic E-state index is 11.9. The fourth-order valence-corrected chi connectivity index (χ4v) is 3.27. The molecule has 8 heteroatoms. The summed E-state index contributed by atoms with van der Waals surface area (Å²) < 4.78 is 22.7. The Kier molecular flexibility index (Phi) is 5.82. The average Bonchev–Trinajstić information content (AvgIpc) is 2.87. The van der Waals surface area contributed by atoms with E-state index in [9.17, 15) is 18.0 Å². The Hall–Kier alpha value is -2.09. The number of hydrogen-bond acceptors (Lipinski definition) is 4. The number of nitrogens with zero attached hydrogens (tertiary/aromatic N) is 1. The number of amides is 3. The molecule has 3 amide bonds. The van der Waals surface area contributed by atoms with Crippen molar-refractivity contribution in [1.82, 2.24) is 5.32 Å². The van der Waals surface area contributed by atoms with E-state index >= 15 is 0 Å². The molecule has 2 rings (SSSR count). The highest BCUT2D eigenvalue weighted by Gasteiger charge is 2.28. The van der Waals surface area contributed by atoms with Gasteiger partial charge in [0, 0.05) is 36.1 Å². The lowest BCUT2D eigenvalue weighted by atomic mass is 10.2. The van der Waals surface area contributed by atoms with E-state index in [1.165, 1.54) is 0 Å². The van der Waals surface area contributed by atoms with Crippen LogP contribution in [0.2, 0.25) is 0 Å². The standard InChI is InChI=1S/C16H23N3O4S/c1-3-24(22,23)11-10-17-16(21)18-13-5-7-14(8-6-13)19-12(2)4-9-15(19)20/h5-8,12H,3-4,9-11H2,1-2H3,(H2,17,18,21). The first-order valence-electron chi connectivity index (χ1n) is 8.00. The molecule has 0 bridgehead atoms. The second kappa shape index (κ2) is 7.65. The summed E-state index contributed by atoms with van der Waals surface area (Å²) in [4.78, 5) is 25.4. The number of nitrogens with one attached hydrogen (secondary N) is 2.